The molecule has 7 heteroatoms. The lowest BCUT2D eigenvalue weighted by molar-refractivity contribution is 0.1000. The number of fused-ring (bicyclic) bond motifs is 2. The van der Waals surface area contributed by atoms with Crippen molar-refractivity contribution in [1.82, 2.24) is 9.97 Å². The number of anilines is 1. The van der Waals surface area contributed by atoms with Crippen LogP contribution in [-0.4, -0.2) is 21.8 Å². The molecule has 0 radical (unpaired) electrons. The van der Waals surface area contributed by atoms with Gasteiger partial charge in [0.2, 0.25) is 0 Å². The zero-order valence-electron chi connectivity index (χ0n) is 17.6. The van der Waals surface area contributed by atoms with E-state index in [9.17, 15) is 9.59 Å². The molecule has 5 rings (SSSR count). The van der Waals surface area contributed by atoms with Gasteiger partial charge >= 0.3 is 0 Å². The number of nitrogens with one attached hydrogen (secondary N) is 1. The number of nitrogens with zero attached hydrogens (tertiary/aromatic N) is 2. The van der Waals surface area contributed by atoms with Gasteiger partial charge in [0.25, 0.3) is 11.8 Å². The van der Waals surface area contributed by atoms with E-state index in [0.717, 1.165) is 46.2 Å². The largest absolute Gasteiger partial charge is 0.365 e. The highest BCUT2D eigenvalue weighted by Gasteiger charge is 2.27. The van der Waals surface area contributed by atoms with Crippen LogP contribution in [0.2, 0.25) is 0 Å². The molecule has 3 N–H and O–H groups in total. The molecule has 3 aromatic heterocycles. The normalized spacial score (nSPS) is 15.3. The molecule has 0 bridgehead atoms. The van der Waals surface area contributed by atoms with Crippen molar-refractivity contribution in [1.29, 1.82) is 0 Å². The number of carbonyl (C=O) groups excluding carboxylic acids is 2. The van der Waals surface area contributed by atoms with Gasteiger partial charge in [-0.25, -0.2) is 4.98 Å². The minimum absolute atomic E-state index is 0.284. The molecular weight excluding hydrogens is 420 g/mol. The Bertz CT molecular complexity index is 1350. The van der Waals surface area contributed by atoms with Crippen LogP contribution in [0.15, 0.2) is 54.9 Å². The van der Waals surface area contributed by atoms with E-state index in [2.05, 4.69) is 17.2 Å². The maximum Gasteiger partial charge on any atom is 0.257 e. The van der Waals surface area contributed by atoms with Gasteiger partial charge in [-0.15, -0.1) is 11.3 Å². The summed E-state index contributed by atoms with van der Waals surface area (Å²) in [6, 6.07) is 13.0. The maximum absolute atomic E-state index is 13.5. The van der Waals surface area contributed by atoms with E-state index in [-0.39, 0.29) is 5.91 Å². The van der Waals surface area contributed by atoms with E-state index in [1.54, 1.807) is 18.5 Å². The number of benzene rings is 1. The van der Waals surface area contributed by atoms with Gasteiger partial charge in [0.05, 0.1) is 22.3 Å². The number of nitrogens with two attached hydrogens (primary N) is 1. The maximum atomic E-state index is 13.5. The number of aromatic nitrogens is 2. The zero-order chi connectivity index (χ0) is 22.2. The van der Waals surface area contributed by atoms with Gasteiger partial charge in [-0.1, -0.05) is 25.1 Å². The summed E-state index contributed by atoms with van der Waals surface area (Å²) in [5.41, 5.74) is 9.95. The zero-order valence-corrected chi connectivity index (χ0v) is 18.4. The SMILES string of the molecule is C[C@@H]1CCc2c(sc(NC(=O)c3cc(-c4ccncc4)nc4ccccc34)c2C(N)=O)C1. The predicted molar refractivity (Wildman–Crippen MR) is 127 cm³/mol. The fourth-order valence-corrected chi connectivity index (χ4v) is 5.71. The van der Waals surface area contributed by atoms with Crippen molar-refractivity contribution < 1.29 is 9.59 Å². The number of rotatable bonds is 4. The molecule has 32 heavy (non-hydrogen) atoms. The molecular formula is C25H22N4O2S. The van der Waals surface area contributed by atoms with Gasteiger partial charge in [0.1, 0.15) is 5.00 Å². The molecule has 0 aliphatic heterocycles. The average Bonchev–Trinajstić information content (AvgIpc) is 3.15. The van der Waals surface area contributed by atoms with Gasteiger partial charge in [0, 0.05) is 28.2 Å². The van der Waals surface area contributed by atoms with E-state index in [1.807, 2.05) is 36.4 Å². The van der Waals surface area contributed by atoms with Crippen LogP contribution in [-0.2, 0) is 12.8 Å². The Balaban J connectivity index is 1.58. The first-order chi connectivity index (χ1) is 15.5. The molecule has 2 amide bonds. The second kappa shape index (κ2) is 8.16. The molecule has 4 aromatic rings. The molecule has 0 spiro atoms. The quantitative estimate of drug-likeness (QED) is 0.473. The van der Waals surface area contributed by atoms with Crippen LogP contribution < -0.4 is 11.1 Å². The van der Waals surface area contributed by atoms with Crippen molar-refractivity contribution in [3.63, 3.8) is 0 Å². The van der Waals surface area contributed by atoms with E-state index in [4.69, 9.17) is 10.7 Å². The van der Waals surface area contributed by atoms with Gasteiger partial charge in [-0.3, -0.25) is 14.6 Å². The Labute approximate surface area is 189 Å². The highest BCUT2D eigenvalue weighted by atomic mass is 32.1. The molecule has 0 saturated heterocycles. The first-order valence-corrected chi connectivity index (χ1v) is 11.4. The third kappa shape index (κ3) is 3.65. The highest BCUT2D eigenvalue weighted by molar-refractivity contribution is 7.17. The summed E-state index contributed by atoms with van der Waals surface area (Å²) >= 11 is 1.47. The summed E-state index contributed by atoms with van der Waals surface area (Å²) in [7, 11) is 0. The Morgan fingerprint density at radius 2 is 1.94 bits per heavy atom. The molecule has 0 saturated carbocycles. The summed E-state index contributed by atoms with van der Waals surface area (Å²) in [6.45, 7) is 2.20. The van der Waals surface area contributed by atoms with Crippen LogP contribution in [0.25, 0.3) is 22.2 Å². The Morgan fingerprint density at radius 1 is 1.16 bits per heavy atom. The summed E-state index contributed by atoms with van der Waals surface area (Å²) in [6.07, 6.45) is 6.12. The minimum atomic E-state index is -0.496. The van der Waals surface area contributed by atoms with Crippen molar-refractivity contribution in [3.05, 3.63) is 76.4 Å². The van der Waals surface area contributed by atoms with Crippen LogP contribution in [0, 0.1) is 5.92 Å². The van der Waals surface area contributed by atoms with Crippen LogP contribution >= 0.6 is 11.3 Å². The Hall–Kier alpha value is -3.58. The predicted octanol–water partition coefficient (Wildman–Crippen LogP) is 4.83. The number of hydrogen-bond acceptors (Lipinski definition) is 5. The molecule has 0 fully saturated rings. The van der Waals surface area contributed by atoms with E-state index in [1.165, 1.54) is 11.3 Å². The number of carbonyl (C=O) groups is 2. The molecule has 0 unspecified atom stereocenters. The molecule has 160 valence electrons. The number of hydrogen-bond donors (Lipinski definition) is 2. The second-order valence-electron chi connectivity index (χ2n) is 8.18. The number of pyridine rings is 2. The first-order valence-electron chi connectivity index (χ1n) is 10.6. The molecule has 6 nitrogen and oxygen atoms in total. The van der Waals surface area contributed by atoms with E-state index < -0.39 is 5.91 Å². The van der Waals surface area contributed by atoms with Crippen molar-refractivity contribution in [2.75, 3.05) is 5.32 Å². The minimum Gasteiger partial charge on any atom is -0.365 e. The number of primary amides is 1. The number of thiophene rings is 1. The second-order valence-corrected chi connectivity index (χ2v) is 9.29. The summed E-state index contributed by atoms with van der Waals surface area (Å²) in [4.78, 5) is 35.7. The van der Waals surface area contributed by atoms with Crippen molar-refractivity contribution in [2.24, 2.45) is 11.7 Å². The van der Waals surface area contributed by atoms with E-state index >= 15 is 0 Å². The first kappa shape index (κ1) is 20.3. The molecule has 1 atom stereocenters. The number of amides is 2. The lowest BCUT2D eigenvalue weighted by atomic mass is 9.88. The fraction of sp³-hybridized carbons (Fsp3) is 0.200. The van der Waals surface area contributed by atoms with Crippen LogP contribution in [0.1, 0.15) is 44.5 Å². The fourth-order valence-electron chi connectivity index (χ4n) is 4.30. The van der Waals surface area contributed by atoms with Gasteiger partial charge in [-0.2, -0.15) is 0 Å². The van der Waals surface area contributed by atoms with Gasteiger partial charge in [-0.05, 0) is 55.0 Å². The highest BCUT2D eigenvalue weighted by Crippen LogP contribution is 2.40. The third-order valence-corrected chi connectivity index (χ3v) is 7.09. The molecule has 1 aromatic carbocycles. The monoisotopic (exact) mass is 442 g/mol. The van der Waals surface area contributed by atoms with Crippen molar-refractivity contribution in [2.45, 2.75) is 26.2 Å². The molecule has 3 heterocycles. The van der Waals surface area contributed by atoms with Crippen LogP contribution in [0.3, 0.4) is 0 Å². The summed E-state index contributed by atoms with van der Waals surface area (Å²) < 4.78 is 0. The lowest BCUT2D eigenvalue weighted by Crippen LogP contribution is -2.19. The van der Waals surface area contributed by atoms with Gasteiger partial charge < -0.3 is 11.1 Å². The Morgan fingerprint density at radius 3 is 2.72 bits per heavy atom. The third-order valence-electron chi connectivity index (χ3n) is 5.92. The number of para-hydroxylation sites is 1. The lowest BCUT2D eigenvalue weighted by Gasteiger charge is -2.18. The Kier molecular flexibility index (Phi) is 5.19. The molecule has 1 aliphatic rings. The topological polar surface area (TPSA) is 98.0 Å². The van der Waals surface area contributed by atoms with Crippen LogP contribution in [0.5, 0.6) is 0 Å². The standard InChI is InChI=1S/C25H22N4O2S/c1-14-6-7-17-21(12-14)32-25(22(17)23(26)30)29-24(31)18-13-20(15-8-10-27-11-9-15)28-19-5-3-2-4-16(18)19/h2-5,8-11,13-14H,6-7,12H2,1H3,(H2,26,30)(H,29,31)/t14-/m1/s1. The molecule has 1 aliphatic carbocycles. The van der Waals surface area contributed by atoms with E-state index in [0.29, 0.717) is 27.7 Å². The summed E-state index contributed by atoms with van der Waals surface area (Å²) in [5.74, 6) is -0.227. The van der Waals surface area contributed by atoms with Crippen LogP contribution in [0.4, 0.5) is 5.00 Å². The summed E-state index contributed by atoms with van der Waals surface area (Å²) in [5, 5.41) is 4.27. The van der Waals surface area contributed by atoms with Gasteiger partial charge in [0.15, 0.2) is 0 Å². The van der Waals surface area contributed by atoms with Crippen molar-refractivity contribution in [3.8, 4) is 11.3 Å². The van der Waals surface area contributed by atoms with Crippen molar-refractivity contribution >= 4 is 39.1 Å². The average molecular weight is 443 g/mol. The smallest absolute Gasteiger partial charge is 0.257 e.